The second kappa shape index (κ2) is 9.57. The zero-order valence-electron chi connectivity index (χ0n) is 20.4. The number of benzene rings is 3. The van der Waals surface area contributed by atoms with Crippen molar-refractivity contribution in [3.63, 3.8) is 0 Å². The molecule has 1 amide bonds. The zero-order chi connectivity index (χ0) is 24.5. The van der Waals surface area contributed by atoms with Gasteiger partial charge in [0.15, 0.2) is 0 Å². The lowest BCUT2D eigenvalue weighted by atomic mass is 9.87. The molecule has 1 saturated heterocycles. The van der Waals surface area contributed by atoms with Gasteiger partial charge in [0.1, 0.15) is 6.33 Å². The number of hydrogen-bond donors (Lipinski definition) is 1. The number of piperidine rings is 1. The van der Waals surface area contributed by atoms with Gasteiger partial charge in [0.25, 0.3) is 0 Å². The van der Waals surface area contributed by atoms with Gasteiger partial charge in [-0.3, -0.25) is 4.79 Å². The second-order valence-corrected chi connectivity index (χ2v) is 9.96. The highest BCUT2D eigenvalue weighted by Gasteiger charge is 2.26. The molecule has 1 N–H and O–H groups in total. The van der Waals surface area contributed by atoms with Crippen LogP contribution in [0.15, 0.2) is 85.8 Å². The van der Waals surface area contributed by atoms with E-state index in [1.165, 1.54) is 30.0 Å². The summed E-state index contributed by atoms with van der Waals surface area (Å²) in [5, 5.41) is 4.62. The van der Waals surface area contributed by atoms with Crippen molar-refractivity contribution in [2.75, 3.05) is 18.4 Å². The van der Waals surface area contributed by atoms with Crippen molar-refractivity contribution < 1.29 is 4.79 Å². The molecular weight excluding hydrogens is 444 g/mol. The quantitative estimate of drug-likeness (QED) is 0.312. The first kappa shape index (κ1) is 22.5. The van der Waals surface area contributed by atoms with Crippen molar-refractivity contribution >= 4 is 28.2 Å². The van der Waals surface area contributed by atoms with Crippen LogP contribution in [-0.4, -0.2) is 33.9 Å². The molecule has 2 fully saturated rings. The third-order valence-electron chi connectivity index (χ3n) is 7.40. The van der Waals surface area contributed by atoms with E-state index in [1.807, 2.05) is 11.1 Å². The minimum absolute atomic E-state index is 0.000633. The van der Waals surface area contributed by atoms with Crippen LogP contribution < -0.4 is 5.32 Å². The van der Waals surface area contributed by atoms with Crippen LogP contribution in [0.2, 0.25) is 0 Å². The Morgan fingerprint density at radius 3 is 2.64 bits per heavy atom. The van der Waals surface area contributed by atoms with E-state index >= 15 is 0 Å². The Morgan fingerprint density at radius 1 is 0.972 bits per heavy atom. The smallest absolute Gasteiger partial charge is 0.245 e. The van der Waals surface area contributed by atoms with E-state index < -0.39 is 0 Å². The molecule has 2 heterocycles. The average Bonchev–Trinajstić information content (AvgIpc) is 3.78. The maximum absolute atomic E-state index is 12.3. The highest BCUT2D eigenvalue weighted by Crippen LogP contribution is 2.41. The number of likely N-dealkylation sites (tertiary alicyclic amines) is 1. The molecule has 1 atom stereocenters. The van der Waals surface area contributed by atoms with Crippen molar-refractivity contribution in [1.29, 1.82) is 0 Å². The molecule has 5 heteroatoms. The minimum Gasteiger partial charge on any atom is -0.356 e. The van der Waals surface area contributed by atoms with Crippen LogP contribution in [0.4, 0.5) is 11.4 Å². The molecule has 0 radical (unpaired) electrons. The van der Waals surface area contributed by atoms with E-state index in [4.69, 9.17) is 0 Å². The fourth-order valence-corrected chi connectivity index (χ4v) is 5.40. The first-order chi connectivity index (χ1) is 17.7. The van der Waals surface area contributed by atoms with Crippen LogP contribution in [0.25, 0.3) is 22.0 Å². The van der Waals surface area contributed by atoms with Gasteiger partial charge in [-0.05, 0) is 96.3 Å². The number of rotatable bonds is 6. The zero-order valence-corrected chi connectivity index (χ0v) is 20.4. The Labute approximate surface area is 211 Å². The Balaban J connectivity index is 1.34. The summed E-state index contributed by atoms with van der Waals surface area (Å²) in [6, 6.07) is 21.8. The lowest BCUT2D eigenvalue weighted by molar-refractivity contribution is -0.127. The van der Waals surface area contributed by atoms with Crippen LogP contribution in [-0.2, 0) is 4.79 Å². The monoisotopic (exact) mass is 474 g/mol. The van der Waals surface area contributed by atoms with Crippen molar-refractivity contribution in [2.45, 2.75) is 37.5 Å². The van der Waals surface area contributed by atoms with Gasteiger partial charge in [0.2, 0.25) is 5.91 Å². The molecular formula is C31H30N4O. The van der Waals surface area contributed by atoms with Crippen LogP contribution in [0.1, 0.15) is 48.6 Å². The Kier molecular flexibility index (Phi) is 5.98. The molecule has 0 bridgehead atoms. The lowest BCUT2D eigenvalue weighted by Crippen LogP contribution is -2.38. The summed E-state index contributed by atoms with van der Waals surface area (Å²) in [7, 11) is 0. The first-order valence-corrected chi connectivity index (χ1v) is 12.8. The van der Waals surface area contributed by atoms with E-state index in [9.17, 15) is 4.79 Å². The number of carbonyl (C=O) groups excluding carboxylic acids is 1. The van der Waals surface area contributed by atoms with Crippen LogP contribution >= 0.6 is 0 Å². The predicted octanol–water partition coefficient (Wildman–Crippen LogP) is 6.81. The Bertz CT molecular complexity index is 1440. The summed E-state index contributed by atoms with van der Waals surface area (Å²) in [6.45, 7) is 5.14. The molecule has 4 aromatic rings. The summed E-state index contributed by atoms with van der Waals surface area (Å²) in [6.07, 6.45) is 9.51. The van der Waals surface area contributed by atoms with E-state index in [1.54, 1.807) is 6.33 Å². The fourth-order valence-electron chi connectivity index (χ4n) is 5.40. The third-order valence-corrected chi connectivity index (χ3v) is 7.40. The maximum atomic E-state index is 12.3. The van der Waals surface area contributed by atoms with Crippen molar-refractivity contribution in [3.8, 4) is 11.1 Å². The normalized spacial score (nSPS) is 17.7. The number of carbonyl (C=O) groups is 1. The van der Waals surface area contributed by atoms with Gasteiger partial charge in [-0.1, -0.05) is 30.8 Å². The molecule has 5 nitrogen and oxygen atoms in total. The van der Waals surface area contributed by atoms with Crippen molar-refractivity contribution in [1.82, 2.24) is 14.9 Å². The first-order valence-electron chi connectivity index (χ1n) is 12.8. The maximum Gasteiger partial charge on any atom is 0.245 e. The number of anilines is 2. The summed E-state index contributed by atoms with van der Waals surface area (Å²) in [5.74, 6) is 0.958. The second-order valence-electron chi connectivity index (χ2n) is 9.96. The molecule has 1 aliphatic carbocycles. The van der Waals surface area contributed by atoms with Crippen LogP contribution in [0.5, 0.6) is 0 Å². The number of amides is 1. The predicted molar refractivity (Wildman–Crippen MR) is 145 cm³/mol. The largest absolute Gasteiger partial charge is 0.356 e. The molecule has 1 saturated carbocycles. The molecule has 180 valence electrons. The topological polar surface area (TPSA) is 58.1 Å². The number of nitrogens with one attached hydrogen (secondary N) is 1. The standard InChI is InChI=1S/C31H30N4O/c1-2-30(36)35-13-5-8-24(19-35)29-17-25(14-26-18-32-20-33-31(26)29)23-7-4-10-28(16-23)34-27-9-3-6-22(15-27)21-11-12-21/h2-4,6-7,9-10,14-18,20-21,24,34H,1,5,8,11-13,19H2. The molecule has 0 spiro atoms. The minimum atomic E-state index is -0.000633. The SMILES string of the molecule is C=CC(=O)N1CCCC(c2cc(-c3cccc(Nc4cccc(C5CC5)c4)c3)cc3cncnc23)C1. The van der Waals surface area contributed by atoms with E-state index in [0.29, 0.717) is 6.54 Å². The van der Waals surface area contributed by atoms with Gasteiger partial charge >= 0.3 is 0 Å². The molecule has 1 aromatic heterocycles. The molecule has 1 unspecified atom stereocenters. The molecule has 36 heavy (non-hydrogen) atoms. The molecule has 1 aliphatic heterocycles. The Hall–Kier alpha value is -3.99. The van der Waals surface area contributed by atoms with Crippen LogP contribution in [0, 0.1) is 0 Å². The van der Waals surface area contributed by atoms with E-state index in [2.05, 4.69) is 82.5 Å². The van der Waals surface area contributed by atoms with Crippen LogP contribution in [0.3, 0.4) is 0 Å². The number of nitrogens with zero attached hydrogens (tertiary/aromatic N) is 3. The summed E-state index contributed by atoms with van der Waals surface area (Å²) < 4.78 is 0. The van der Waals surface area contributed by atoms with Gasteiger partial charge in [-0.25, -0.2) is 9.97 Å². The summed E-state index contributed by atoms with van der Waals surface area (Å²) in [4.78, 5) is 23.1. The third kappa shape index (κ3) is 4.61. The van der Waals surface area contributed by atoms with Gasteiger partial charge in [0.05, 0.1) is 5.52 Å². The fraction of sp³-hybridized carbons (Fsp3) is 0.258. The number of hydrogen-bond acceptors (Lipinski definition) is 4. The molecule has 2 aliphatic rings. The molecule has 6 rings (SSSR count). The van der Waals surface area contributed by atoms with Crippen molar-refractivity contribution in [3.05, 3.63) is 97.0 Å². The van der Waals surface area contributed by atoms with Gasteiger partial charge < -0.3 is 10.2 Å². The summed E-state index contributed by atoms with van der Waals surface area (Å²) in [5.41, 5.74) is 8.03. The van der Waals surface area contributed by atoms with E-state index in [-0.39, 0.29) is 11.8 Å². The lowest BCUT2D eigenvalue weighted by Gasteiger charge is -2.33. The van der Waals surface area contributed by atoms with Crippen molar-refractivity contribution in [2.24, 2.45) is 0 Å². The number of fused-ring (bicyclic) bond motifs is 1. The molecule has 3 aromatic carbocycles. The van der Waals surface area contributed by atoms with Gasteiger partial charge in [-0.15, -0.1) is 0 Å². The highest BCUT2D eigenvalue weighted by atomic mass is 16.2. The van der Waals surface area contributed by atoms with E-state index in [0.717, 1.165) is 58.7 Å². The Morgan fingerprint density at radius 2 is 1.81 bits per heavy atom. The highest BCUT2D eigenvalue weighted by molar-refractivity contribution is 5.89. The number of aromatic nitrogens is 2. The average molecular weight is 475 g/mol. The van der Waals surface area contributed by atoms with Gasteiger partial charge in [0, 0.05) is 42.0 Å². The summed E-state index contributed by atoms with van der Waals surface area (Å²) >= 11 is 0. The van der Waals surface area contributed by atoms with Gasteiger partial charge in [-0.2, -0.15) is 0 Å².